The van der Waals surface area contributed by atoms with E-state index < -0.39 is 60.6 Å². The number of carboxylic acid groups (broad SMARTS) is 1. The summed E-state index contributed by atoms with van der Waals surface area (Å²) < 4.78 is 0. The second kappa shape index (κ2) is 14.6. The normalized spacial score (nSPS) is 16.4. The molecular formula is C31H41N5O7. The number of benzene rings is 2. The number of likely N-dealkylation sites (tertiary alicyclic amines) is 1. The summed E-state index contributed by atoms with van der Waals surface area (Å²) in [6.07, 6.45) is 0.539. The first-order valence-electron chi connectivity index (χ1n) is 14.4. The highest BCUT2D eigenvalue weighted by Gasteiger charge is 2.34. The van der Waals surface area contributed by atoms with Crippen molar-refractivity contribution in [3.05, 3.63) is 48.0 Å². The molecule has 1 saturated heterocycles. The smallest absolute Gasteiger partial charge is 0.303 e. The molecule has 12 heteroatoms. The third-order valence-corrected chi connectivity index (χ3v) is 7.45. The van der Waals surface area contributed by atoms with E-state index in [0.29, 0.717) is 18.7 Å². The van der Waals surface area contributed by atoms with Crippen molar-refractivity contribution in [3.63, 3.8) is 0 Å². The van der Waals surface area contributed by atoms with E-state index in [9.17, 15) is 28.8 Å². The lowest BCUT2D eigenvalue weighted by Crippen LogP contribution is -2.58. The third-order valence-electron chi connectivity index (χ3n) is 7.45. The van der Waals surface area contributed by atoms with Gasteiger partial charge in [0.2, 0.25) is 29.5 Å². The van der Waals surface area contributed by atoms with Gasteiger partial charge in [0.15, 0.2) is 0 Å². The Kier molecular flexibility index (Phi) is 11.2. The number of aliphatic carboxylic acids is 1. The molecular weight excluding hydrogens is 554 g/mol. The Morgan fingerprint density at radius 2 is 1.60 bits per heavy atom. The van der Waals surface area contributed by atoms with E-state index in [0.717, 1.165) is 23.6 Å². The van der Waals surface area contributed by atoms with Crippen LogP contribution in [0.25, 0.3) is 10.8 Å². The van der Waals surface area contributed by atoms with E-state index >= 15 is 0 Å². The van der Waals surface area contributed by atoms with Gasteiger partial charge in [-0.15, -0.1) is 0 Å². The Balaban J connectivity index is 1.75. The number of carbonyl (C=O) groups is 6. The van der Waals surface area contributed by atoms with E-state index in [-0.39, 0.29) is 24.2 Å². The van der Waals surface area contributed by atoms with E-state index in [4.69, 9.17) is 10.8 Å². The number of amides is 5. The number of carboxylic acids is 1. The molecule has 43 heavy (non-hydrogen) atoms. The summed E-state index contributed by atoms with van der Waals surface area (Å²) in [6, 6.07) is 9.61. The fraction of sp³-hybridized carbons (Fsp3) is 0.484. The Morgan fingerprint density at radius 1 is 0.930 bits per heavy atom. The highest BCUT2D eigenvalue weighted by molar-refractivity contribution is 5.96. The lowest BCUT2D eigenvalue weighted by atomic mass is 9.84. The number of nitrogens with one attached hydrogen (secondary N) is 3. The van der Waals surface area contributed by atoms with Gasteiger partial charge in [0.05, 0.1) is 12.8 Å². The van der Waals surface area contributed by atoms with Crippen LogP contribution in [0, 0.1) is 5.41 Å². The number of piperidine rings is 1. The van der Waals surface area contributed by atoms with Gasteiger partial charge in [0.1, 0.15) is 18.1 Å². The topological polar surface area (TPSA) is 188 Å². The van der Waals surface area contributed by atoms with Crippen LogP contribution in [0.1, 0.15) is 58.4 Å². The zero-order valence-electron chi connectivity index (χ0n) is 24.9. The fourth-order valence-corrected chi connectivity index (χ4v) is 5.24. The van der Waals surface area contributed by atoms with E-state index in [2.05, 4.69) is 29.8 Å². The Hall–Kier alpha value is -4.48. The molecule has 0 bridgehead atoms. The number of hydrogen-bond acceptors (Lipinski definition) is 6. The molecule has 2 aromatic carbocycles. The van der Waals surface area contributed by atoms with Crippen molar-refractivity contribution in [2.75, 3.05) is 13.1 Å². The highest BCUT2D eigenvalue weighted by atomic mass is 16.4. The molecule has 1 heterocycles. The second-order valence-corrected chi connectivity index (χ2v) is 11.9. The first-order chi connectivity index (χ1) is 20.2. The zero-order chi connectivity index (χ0) is 31.7. The van der Waals surface area contributed by atoms with Crippen molar-refractivity contribution < 1.29 is 33.9 Å². The molecule has 3 atom stereocenters. The molecule has 6 N–H and O–H groups in total. The molecule has 3 rings (SSSR count). The number of nitrogens with two attached hydrogens (primary N) is 1. The molecule has 0 aliphatic carbocycles. The summed E-state index contributed by atoms with van der Waals surface area (Å²) in [5, 5.41) is 18.5. The summed E-state index contributed by atoms with van der Waals surface area (Å²) >= 11 is 0. The monoisotopic (exact) mass is 595 g/mol. The van der Waals surface area contributed by atoms with Gasteiger partial charge < -0.3 is 31.7 Å². The third kappa shape index (κ3) is 10.1. The van der Waals surface area contributed by atoms with Gasteiger partial charge in [-0.3, -0.25) is 28.8 Å². The predicted molar refractivity (Wildman–Crippen MR) is 159 cm³/mol. The molecule has 1 aliphatic heterocycles. The largest absolute Gasteiger partial charge is 0.481 e. The van der Waals surface area contributed by atoms with Crippen molar-refractivity contribution in [1.82, 2.24) is 20.9 Å². The van der Waals surface area contributed by atoms with E-state index in [1.54, 1.807) is 11.0 Å². The van der Waals surface area contributed by atoms with Crippen LogP contribution in [0.2, 0.25) is 0 Å². The summed E-state index contributed by atoms with van der Waals surface area (Å²) in [4.78, 5) is 76.8. The maximum absolute atomic E-state index is 13.5. The molecule has 232 valence electrons. The van der Waals surface area contributed by atoms with Crippen LogP contribution in [0.15, 0.2) is 42.5 Å². The Labute approximate surface area is 250 Å². The summed E-state index contributed by atoms with van der Waals surface area (Å²) in [7, 11) is 0. The number of fused-ring (bicyclic) bond motifs is 1. The van der Waals surface area contributed by atoms with Gasteiger partial charge in [-0.05, 0) is 41.5 Å². The first-order valence-corrected chi connectivity index (χ1v) is 14.4. The summed E-state index contributed by atoms with van der Waals surface area (Å²) in [6.45, 7) is 6.80. The summed E-state index contributed by atoms with van der Waals surface area (Å²) in [5.41, 5.74) is 6.03. The second-order valence-electron chi connectivity index (χ2n) is 11.9. The standard InChI is InChI=1S/C31H41N5O7/c1-19(30(43)36-14-6-13-31(2,3)18-36)33-28(41)24(17-25(32)37)35-29(42)23(34-26(38)11-12-27(39)40)16-20-9-10-21-7-4-5-8-22(21)15-20/h4-5,7-10,15,19,23-24H,6,11-14,16-18H2,1-3H3,(H2,32,37)(H,33,41)(H,34,38)(H,35,42)(H,39,40). The molecule has 1 fully saturated rings. The van der Waals surface area contributed by atoms with Gasteiger partial charge in [0.25, 0.3) is 0 Å². The molecule has 12 nitrogen and oxygen atoms in total. The number of primary amides is 1. The number of nitrogens with zero attached hydrogens (tertiary/aromatic N) is 1. The summed E-state index contributed by atoms with van der Waals surface area (Å²) in [5.74, 6) is -4.50. The minimum Gasteiger partial charge on any atom is -0.481 e. The molecule has 0 saturated carbocycles. The van der Waals surface area contributed by atoms with Crippen LogP contribution in [-0.4, -0.2) is 76.7 Å². The van der Waals surface area contributed by atoms with Crippen molar-refractivity contribution in [2.24, 2.45) is 11.1 Å². The number of rotatable bonds is 13. The fourth-order valence-electron chi connectivity index (χ4n) is 5.24. The van der Waals surface area contributed by atoms with Gasteiger partial charge in [-0.1, -0.05) is 56.3 Å². The van der Waals surface area contributed by atoms with Gasteiger partial charge >= 0.3 is 5.97 Å². The average Bonchev–Trinajstić information content (AvgIpc) is 2.94. The van der Waals surface area contributed by atoms with Crippen LogP contribution >= 0.6 is 0 Å². The molecule has 2 aromatic rings. The molecule has 0 aromatic heterocycles. The molecule has 5 amide bonds. The van der Waals surface area contributed by atoms with Crippen LogP contribution in [0.3, 0.4) is 0 Å². The molecule has 0 spiro atoms. The molecule has 0 radical (unpaired) electrons. The lowest BCUT2D eigenvalue weighted by Gasteiger charge is -2.39. The maximum Gasteiger partial charge on any atom is 0.303 e. The van der Waals surface area contributed by atoms with E-state index in [1.165, 1.54) is 6.92 Å². The average molecular weight is 596 g/mol. The van der Waals surface area contributed by atoms with Crippen LogP contribution in [0.4, 0.5) is 0 Å². The van der Waals surface area contributed by atoms with Crippen LogP contribution < -0.4 is 21.7 Å². The molecule has 3 unspecified atom stereocenters. The van der Waals surface area contributed by atoms with Gasteiger partial charge in [-0.2, -0.15) is 0 Å². The van der Waals surface area contributed by atoms with Crippen molar-refractivity contribution in [3.8, 4) is 0 Å². The minimum atomic E-state index is -1.41. The van der Waals surface area contributed by atoms with Crippen LogP contribution in [0.5, 0.6) is 0 Å². The number of hydrogen-bond donors (Lipinski definition) is 5. The van der Waals surface area contributed by atoms with Crippen molar-refractivity contribution >= 4 is 46.3 Å². The highest BCUT2D eigenvalue weighted by Crippen LogP contribution is 2.28. The minimum absolute atomic E-state index is 0.0278. The first kappa shape index (κ1) is 33.0. The molecule has 1 aliphatic rings. The van der Waals surface area contributed by atoms with Crippen LogP contribution in [-0.2, 0) is 35.2 Å². The Morgan fingerprint density at radius 3 is 2.26 bits per heavy atom. The number of carbonyl (C=O) groups excluding carboxylic acids is 5. The van der Waals surface area contributed by atoms with Gasteiger partial charge in [-0.25, -0.2) is 0 Å². The Bertz CT molecular complexity index is 1380. The van der Waals surface area contributed by atoms with Crippen molar-refractivity contribution in [1.29, 1.82) is 0 Å². The quantitative estimate of drug-likeness (QED) is 0.230. The predicted octanol–water partition coefficient (Wildman–Crippen LogP) is 1.25. The SMILES string of the molecule is CC(NC(=O)C(CC(N)=O)NC(=O)C(Cc1ccc2ccccc2c1)NC(=O)CCC(=O)O)C(=O)N1CCCC(C)(C)C1. The maximum atomic E-state index is 13.5. The van der Waals surface area contributed by atoms with E-state index in [1.807, 2.05) is 36.4 Å². The zero-order valence-corrected chi connectivity index (χ0v) is 24.9. The van der Waals surface area contributed by atoms with Crippen molar-refractivity contribution in [2.45, 2.75) is 77.4 Å². The lowest BCUT2D eigenvalue weighted by molar-refractivity contribution is -0.139. The van der Waals surface area contributed by atoms with Gasteiger partial charge in [0, 0.05) is 25.9 Å².